The third-order valence-corrected chi connectivity index (χ3v) is 1.71. The Balaban J connectivity index is 0.000000360. The molecule has 2 aliphatic rings. The summed E-state index contributed by atoms with van der Waals surface area (Å²) in [6.45, 7) is 0. The molecule has 2 nitrogen and oxygen atoms in total. The Morgan fingerprint density at radius 2 is 1.47 bits per heavy atom. The van der Waals surface area contributed by atoms with Crippen LogP contribution in [0.5, 0.6) is 0 Å². The molecule has 0 amide bonds. The van der Waals surface area contributed by atoms with E-state index < -0.39 is 5.97 Å². The van der Waals surface area contributed by atoms with E-state index in [0.29, 0.717) is 0 Å². The summed E-state index contributed by atoms with van der Waals surface area (Å²) >= 11 is 0. The molecule has 0 aliphatic heterocycles. The molecule has 86 valence electrons. The van der Waals surface area contributed by atoms with Crippen LogP contribution in [0, 0.1) is 75.5 Å². The molecule has 0 aromatic rings. The number of carbonyl (C=O) groups excluding carboxylic acids is 1. The third kappa shape index (κ3) is 8.30. The average molecular weight is 268 g/mol. The van der Waals surface area contributed by atoms with Crippen LogP contribution in [0.3, 0.4) is 0 Å². The van der Waals surface area contributed by atoms with Gasteiger partial charge in [-0.2, -0.15) is 0 Å². The minimum atomic E-state index is -0.508. The molecule has 0 heterocycles. The number of ether oxygens (including phenoxy) is 1. The average Bonchev–Trinajstić information content (AvgIpc) is 3.00. The fourth-order valence-corrected chi connectivity index (χ4v) is 0.952. The van der Waals surface area contributed by atoms with Crippen molar-refractivity contribution in [1.29, 1.82) is 0 Å². The van der Waals surface area contributed by atoms with E-state index in [1.54, 1.807) is 0 Å². The molecule has 10 radical (unpaired) electrons. The molecular formula is C14H12FeO2+2. The van der Waals surface area contributed by atoms with Gasteiger partial charge in [0.05, 0.1) is 13.0 Å². The molecule has 2 saturated carbocycles. The van der Waals surface area contributed by atoms with E-state index >= 15 is 0 Å². The number of esters is 1. The zero-order valence-electron chi connectivity index (χ0n) is 9.37. The topological polar surface area (TPSA) is 26.3 Å². The molecule has 0 bridgehead atoms. The molecular weight excluding hydrogens is 256 g/mol. The summed E-state index contributed by atoms with van der Waals surface area (Å²) < 4.78 is 4.34. The maximum Gasteiger partial charge on any atom is 2.00 e. The van der Waals surface area contributed by atoms with Crippen LogP contribution >= 0.6 is 0 Å². The quantitative estimate of drug-likeness (QED) is 0.288. The zero-order valence-corrected chi connectivity index (χ0v) is 10.5. The predicted octanol–water partition coefficient (Wildman–Crippen LogP) is 1.59. The van der Waals surface area contributed by atoms with E-state index in [1.165, 1.54) is 7.11 Å². The second kappa shape index (κ2) is 10.7. The van der Waals surface area contributed by atoms with Gasteiger partial charge in [0, 0.05) is 5.92 Å². The Labute approximate surface area is 115 Å². The summed E-state index contributed by atoms with van der Waals surface area (Å²) in [5.41, 5.74) is 0. The summed E-state index contributed by atoms with van der Waals surface area (Å²) in [7, 11) is 1.31. The first-order valence-electron chi connectivity index (χ1n) is 4.81. The Morgan fingerprint density at radius 1 is 1.00 bits per heavy atom. The molecule has 2 rings (SSSR count). The van der Waals surface area contributed by atoms with Crippen LogP contribution < -0.4 is 0 Å². The van der Waals surface area contributed by atoms with Crippen LogP contribution in [0.25, 0.3) is 0 Å². The fraction of sp³-hybridized carbons (Fsp3) is 0.0714. The number of hydrogen-bond donors (Lipinski definition) is 0. The summed E-state index contributed by atoms with van der Waals surface area (Å²) in [5, 5.41) is 0. The van der Waals surface area contributed by atoms with Gasteiger partial charge >= 0.3 is 23.0 Å². The molecule has 0 spiro atoms. The van der Waals surface area contributed by atoms with Crippen molar-refractivity contribution in [2.45, 2.75) is 0 Å². The minimum absolute atomic E-state index is 0. The first-order valence-corrected chi connectivity index (χ1v) is 4.81. The molecule has 2 aliphatic carbocycles. The van der Waals surface area contributed by atoms with Crippen LogP contribution in [-0.4, -0.2) is 13.1 Å². The molecule has 0 N–H and O–H groups in total. The van der Waals surface area contributed by atoms with Crippen LogP contribution in [0.15, 0.2) is 0 Å². The second-order valence-corrected chi connectivity index (χ2v) is 2.88. The Bertz CT molecular complexity index is 248. The van der Waals surface area contributed by atoms with Crippen molar-refractivity contribution >= 4 is 5.97 Å². The van der Waals surface area contributed by atoms with E-state index in [1.807, 2.05) is 57.8 Å². The normalized spacial score (nSPS) is 18.2. The molecule has 0 atom stereocenters. The molecule has 0 aromatic carbocycles. The summed E-state index contributed by atoms with van der Waals surface area (Å²) in [5.74, 6) is 5.30. The maximum absolute atomic E-state index is 10.5. The molecule has 0 saturated heterocycles. The zero-order chi connectivity index (χ0) is 11.6. The van der Waals surface area contributed by atoms with Gasteiger partial charge in [0.1, 0.15) is 0 Å². The van der Waals surface area contributed by atoms with Crippen molar-refractivity contribution in [3.05, 3.63) is 63.7 Å². The Kier molecular flexibility index (Phi) is 10.4. The van der Waals surface area contributed by atoms with Crippen molar-refractivity contribution in [2.24, 2.45) is 0 Å². The van der Waals surface area contributed by atoms with E-state index in [0.717, 1.165) is 5.92 Å². The van der Waals surface area contributed by atoms with Gasteiger partial charge in [-0.25, -0.2) is 4.79 Å². The standard InChI is InChI=1S/C9H7O2.C5H5.Fe/c1-11-9(10)7-6-8-4-2-3-5-8;1-2-4-5-3-1;/h2-5H,1H3;1-5H;/q;;+2. The van der Waals surface area contributed by atoms with Gasteiger partial charge < -0.3 is 4.74 Å². The van der Waals surface area contributed by atoms with Crippen LogP contribution in [0.4, 0.5) is 0 Å². The smallest absolute Gasteiger partial charge is 0.459 e. The van der Waals surface area contributed by atoms with Crippen molar-refractivity contribution in [2.75, 3.05) is 7.11 Å². The molecule has 17 heavy (non-hydrogen) atoms. The van der Waals surface area contributed by atoms with Gasteiger partial charge in [0.2, 0.25) is 0 Å². The van der Waals surface area contributed by atoms with Crippen LogP contribution in [0.2, 0.25) is 0 Å². The van der Waals surface area contributed by atoms with Gasteiger partial charge in [0.15, 0.2) is 0 Å². The molecule has 2 fully saturated rings. The minimum Gasteiger partial charge on any atom is -0.459 e. The molecule has 0 unspecified atom stereocenters. The monoisotopic (exact) mass is 268 g/mol. The number of rotatable bonds is 0. The van der Waals surface area contributed by atoms with Crippen LogP contribution in [0.1, 0.15) is 0 Å². The van der Waals surface area contributed by atoms with Crippen molar-refractivity contribution in [3.8, 4) is 11.8 Å². The van der Waals surface area contributed by atoms with Crippen LogP contribution in [-0.2, 0) is 26.6 Å². The van der Waals surface area contributed by atoms with Gasteiger partial charge in [0.25, 0.3) is 0 Å². The molecule has 0 aromatic heterocycles. The second-order valence-electron chi connectivity index (χ2n) is 2.88. The van der Waals surface area contributed by atoms with E-state index in [2.05, 4.69) is 16.6 Å². The molecule has 3 heteroatoms. The Hall–Kier alpha value is -0.451. The van der Waals surface area contributed by atoms with Gasteiger partial charge in [-0.15, -0.1) is 0 Å². The summed E-state index contributed by atoms with van der Waals surface area (Å²) in [4.78, 5) is 10.5. The third-order valence-electron chi connectivity index (χ3n) is 1.71. The van der Waals surface area contributed by atoms with E-state index in [4.69, 9.17) is 0 Å². The van der Waals surface area contributed by atoms with Gasteiger partial charge in [-0.05, 0) is 57.8 Å². The Morgan fingerprint density at radius 3 is 1.88 bits per heavy atom. The fourth-order valence-electron chi connectivity index (χ4n) is 0.952. The summed E-state index contributed by atoms with van der Waals surface area (Å²) in [6.07, 6.45) is 17.4. The first kappa shape index (κ1) is 16.5. The van der Waals surface area contributed by atoms with E-state index in [9.17, 15) is 4.79 Å². The number of hydrogen-bond acceptors (Lipinski definition) is 2. The summed E-state index contributed by atoms with van der Waals surface area (Å²) in [6, 6.07) is 0. The van der Waals surface area contributed by atoms with Crippen molar-refractivity contribution in [1.82, 2.24) is 0 Å². The largest absolute Gasteiger partial charge is 2.00 e. The van der Waals surface area contributed by atoms with Gasteiger partial charge in [-0.1, -0.05) is 5.92 Å². The first-order chi connectivity index (χ1) is 7.83. The SMILES string of the molecule is COC(=O)C#C[C]1[CH][CH][CH][CH]1.[CH]1[CH][CH][CH][CH]1.[Fe+2]. The van der Waals surface area contributed by atoms with Gasteiger partial charge in [-0.3, -0.25) is 0 Å². The van der Waals surface area contributed by atoms with Crippen molar-refractivity contribution < 1.29 is 26.6 Å². The number of carbonyl (C=O) groups is 1. The van der Waals surface area contributed by atoms with Crippen molar-refractivity contribution in [3.63, 3.8) is 0 Å². The maximum atomic E-state index is 10.5. The number of methoxy groups -OCH3 is 1. The van der Waals surface area contributed by atoms with E-state index in [-0.39, 0.29) is 17.1 Å². The predicted molar refractivity (Wildman–Crippen MR) is 61.7 cm³/mol.